The number of thioether (sulfide) groups is 1. The molecule has 1 unspecified atom stereocenters. The highest BCUT2D eigenvalue weighted by atomic mass is 79.9. The maximum atomic E-state index is 11.7. The van der Waals surface area contributed by atoms with Crippen LogP contribution in [0.3, 0.4) is 0 Å². The summed E-state index contributed by atoms with van der Waals surface area (Å²) in [5.74, 6) is 1.76. The zero-order valence-electron chi connectivity index (χ0n) is 16.0. The van der Waals surface area contributed by atoms with Gasteiger partial charge in [-0.1, -0.05) is 12.1 Å². The summed E-state index contributed by atoms with van der Waals surface area (Å²) in [7, 11) is 0. The molecule has 2 aromatic carbocycles. The van der Waals surface area contributed by atoms with Crippen molar-refractivity contribution in [1.29, 1.82) is 0 Å². The number of amidine groups is 1. The summed E-state index contributed by atoms with van der Waals surface area (Å²) in [5.41, 5.74) is 0.323. The molecule has 0 radical (unpaired) electrons. The van der Waals surface area contributed by atoms with E-state index in [-0.39, 0.29) is 22.7 Å². The van der Waals surface area contributed by atoms with Gasteiger partial charge in [-0.3, -0.25) is 10.1 Å². The lowest BCUT2D eigenvalue weighted by Crippen LogP contribution is -3.00. The lowest BCUT2D eigenvalue weighted by Gasteiger charge is -2.24. The number of non-ortho nitro benzene ring substituents is 1. The number of hydrogen-bond acceptors (Lipinski definition) is 6. The molecule has 2 aliphatic rings. The summed E-state index contributed by atoms with van der Waals surface area (Å²) in [4.78, 5) is 12.6. The topological polar surface area (TPSA) is 78.9 Å². The standard InChI is InChI=1S/C20H22N3O4S.BrH/c1-2-27-18-7-4-3-6-17(18)21-14-20(24,22-12-5-13-28-19(21)22)15-8-10-16(11-9-15)23(25)26;/h3-4,6-11,24H,2,5,12-14H2,1H3;1H/q+1;/p-1. The van der Waals surface area contributed by atoms with E-state index in [2.05, 4.69) is 4.90 Å². The molecule has 2 aliphatic heterocycles. The van der Waals surface area contributed by atoms with Gasteiger partial charge in [-0.2, -0.15) is 0 Å². The van der Waals surface area contributed by atoms with E-state index in [0.717, 1.165) is 35.3 Å². The van der Waals surface area contributed by atoms with Crippen molar-refractivity contribution in [3.8, 4) is 5.75 Å². The van der Waals surface area contributed by atoms with Crippen LogP contribution in [0.2, 0.25) is 0 Å². The van der Waals surface area contributed by atoms with Gasteiger partial charge in [0.05, 0.1) is 18.1 Å². The van der Waals surface area contributed by atoms with Gasteiger partial charge in [0.15, 0.2) is 18.0 Å². The highest BCUT2D eigenvalue weighted by Crippen LogP contribution is 2.40. The van der Waals surface area contributed by atoms with Gasteiger partial charge < -0.3 is 26.8 Å². The number of halogens is 1. The molecule has 0 saturated carbocycles. The summed E-state index contributed by atoms with van der Waals surface area (Å²) in [5, 5.41) is 23.6. The number of nitrogens with zero attached hydrogens (tertiary/aromatic N) is 3. The van der Waals surface area contributed by atoms with E-state index in [1.807, 2.05) is 35.8 Å². The zero-order valence-corrected chi connectivity index (χ0v) is 18.4. The van der Waals surface area contributed by atoms with E-state index in [1.165, 1.54) is 12.1 Å². The average Bonchev–Trinajstić information content (AvgIpc) is 3.03. The Morgan fingerprint density at radius 1 is 1.28 bits per heavy atom. The number of aliphatic hydroxyl groups is 1. The lowest BCUT2D eigenvalue weighted by atomic mass is 10.0. The molecule has 2 heterocycles. The van der Waals surface area contributed by atoms with Gasteiger partial charge in [0.1, 0.15) is 0 Å². The number of para-hydroxylation sites is 2. The minimum absolute atomic E-state index is 0. The van der Waals surface area contributed by atoms with E-state index >= 15 is 0 Å². The lowest BCUT2D eigenvalue weighted by molar-refractivity contribution is -0.656. The van der Waals surface area contributed by atoms with Crippen molar-refractivity contribution >= 4 is 28.3 Å². The van der Waals surface area contributed by atoms with Crippen molar-refractivity contribution in [2.24, 2.45) is 0 Å². The Hall–Kier alpha value is -2.10. The number of rotatable bonds is 5. The number of benzene rings is 2. The number of β-amino-alcohol motifs (C(OH)–C–C–N with tert-alkyl or cyclic N) is 1. The molecule has 0 bridgehead atoms. The minimum Gasteiger partial charge on any atom is -1.00 e. The second-order valence-electron chi connectivity index (χ2n) is 6.74. The Balaban J connectivity index is 0.00000240. The molecule has 1 N–H and O–H groups in total. The van der Waals surface area contributed by atoms with E-state index in [0.29, 0.717) is 18.7 Å². The third-order valence-corrected chi connectivity index (χ3v) is 6.23. The summed E-state index contributed by atoms with van der Waals surface area (Å²) in [6, 6.07) is 14.0. The number of nitro benzene ring substituents is 1. The smallest absolute Gasteiger partial charge is 0.316 e. The molecular weight excluding hydrogens is 458 g/mol. The molecule has 0 spiro atoms. The van der Waals surface area contributed by atoms with Gasteiger partial charge in [-0.25, -0.2) is 9.48 Å². The van der Waals surface area contributed by atoms with Crippen LogP contribution in [0.1, 0.15) is 18.9 Å². The molecule has 9 heteroatoms. The van der Waals surface area contributed by atoms with Gasteiger partial charge in [0.25, 0.3) is 11.4 Å². The quantitative estimate of drug-likeness (QED) is 0.374. The van der Waals surface area contributed by atoms with Crippen molar-refractivity contribution in [3.05, 3.63) is 64.2 Å². The van der Waals surface area contributed by atoms with Crippen molar-refractivity contribution in [2.45, 2.75) is 19.1 Å². The summed E-state index contributed by atoms with van der Waals surface area (Å²) >= 11 is 1.71. The fourth-order valence-electron chi connectivity index (χ4n) is 3.74. The molecule has 1 atom stereocenters. The SMILES string of the molecule is CCOc1ccccc1N1CC(O)(c2ccc([N+](=O)[O-])cc2)[N+]2=C1SCCC2.[Br-]. The average molecular weight is 480 g/mol. The van der Waals surface area contributed by atoms with Crippen molar-refractivity contribution < 1.29 is 36.3 Å². The number of nitro groups is 1. The second kappa shape index (κ2) is 8.73. The monoisotopic (exact) mass is 479 g/mol. The molecule has 4 rings (SSSR count). The van der Waals surface area contributed by atoms with Gasteiger partial charge in [0, 0.05) is 23.4 Å². The third kappa shape index (κ3) is 3.86. The van der Waals surface area contributed by atoms with E-state index in [4.69, 9.17) is 4.74 Å². The molecule has 0 fully saturated rings. The summed E-state index contributed by atoms with van der Waals surface area (Å²) in [6.45, 7) is 3.56. The second-order valence-corrected chi connectivity index (χ2v) is 7.81. The van der Waals surface area contributed by atoms with E-state index in [1.54, 1.807) is 23.9 Å². The molecule has 154 valence electrons. The van der Waals surface area contributed by atoms with Crippen LogP contribution in [-0.2, 0) is 5.72 Å². The van der Waals surface area contributed by atoms with Gasteiger partial charge in [0.2, 0.25) is 0 Å². The molecular formula is C20H22BrN3O4S. The van der Waals surface area contributed by atoms with Gasteiger partial charge in [-0.05, 0) is 49.4 Å². The predicted octanol–water partition coefficient (Wildman–Crippen LogP) is 0.168. The Kier molecular flexibility index (Phi) is 6.50. The third-order valence-electron chi connectivity index (χ3n) is 5.04. The summed E-state index contributed by atoms with van der Waals surface area (Å²) < 4.78 is 7.81. The van der Waals surface area contributed by atoms with Gasteiger partial charge >= 0.3 is 5.17 Å². The van der Waals surface area contributed by atoms with Crippen molar-refractivity contribution in [2.75, 3.05) is 30.3 Å². The molecule has 2 aromatic rings. The van der Waals surface area contributed by atoms with E-state index in [9.17, 15) is 15.2 Å². The molecule has 0 aromatic heterocycles. The van der Waals surface area contributed by atoms with Crippen LogP contribution in [0.15, 0.2) is 48.5 Å². The molecule has 7 nitrogen and oxygen atoms in total. The molecule has 0 aliphatic carbocycles. The maximum absolute atomic E-state index is 11.7. The zero-order chi connectivity index (χ0) is 19.7. The van der Waals surface area contributed by atoms with Crippen molar-refractivity contribution in [1.82, 2.24) is 0 Å². The highest BCUT2D eigenvalue weighted by molar-refractivity contribution is 8.13. The Morgan fingerprint density at radius 3 is 2.69 bits per heavy atom. The minimum atomic E-state index is -1.25. The van der Waals surface area contributed by atoms with Gasteiger partial charge in [-0.15, -0.1) is 0 Å². The van der Waals surface area contributed by atoms with Crippen LogP contribution in [-0.4, -0.2) is 45.2 Å². The first-order valence-corrected chi connectivity index (χ1v) is 10.3. The largest absolute Gasteiger partial charge is 1.00 e. The fraction of sp³-hybridized carbons (Fsp3) is 0.350. The Labute approximate surface area is 183 Å². The molecule has 0 saturated heterocycles. The first-order chi connectivity index (χ1) is 13.5. The normalized spacial score (nSPS) is 20.8. The van der Waals surface area contributed by atoms with Crippen LogP contribution in [0, 0.1) is 10.1 Å². The van der Waals surface area contributed by atoms with Crippen LogP contribution in [0.25, 0.3) is 0 Å². The first kappa shape index (κ1) is 21.6. The molecule has 0 amide bonds. The van der Waals surface area contributed by atoms with Crippen LogP contribution < -0.4 is 26.6 Å². The highest BCUT2D eigenvalue weighted by Gasteiger charge is 2.53. The molecule has 29 heavy (non-hydrogen) atoms. The Morgan fingerprint density at radius 2 is 2.00 bits per heavy atom. The van der Waals surface area contributed by atoms with Crippen molar-refractivity contribution in [3.63, 3.8) is 0 Å². The van der Waals surface area contributed by atoms with Crippen LogP contribution in [0.5, 0.6) is 5.75 Å². The fourth-order valence-corrected chi connectivity index (χ4v) is 4.92. The summed E-state index contributed by atoms with van der Waals surface area (Å²) in [6.07, 6.45) is 0.963. The number of anilines is 1. The number of ether oxygens (including phenoxy) is 1. The van der Waals surface area contributed by atoms with E-state index < -0.39 is 10.6 Å². The maximum Gasteiger partial charge on any atom is 0.316 e. The van der Waals surface area contributed by atoms with Crippen LogP contribution >= 0.6 is 11.8 Å². The predicted molar refractivity (Wildman–Crippen MR) is 109 cm³/mol. The Bertz CT molecular complexity index is 938. The number of hydrogen-bond donors (Lipinski definition) is 1. The van der Waals surface area contributed by atoms with Crippen LogP contribution in [0.4, 0.5) is 11.4 Å². The first-order valence-electron chi connectivity index (χ1n) is 9.28.